The first-order valence-corrected chi connectivity index (χ1v) is 11.0. The maximum atomic E-state index is 13.2. The summed E-state index contributed by atoms with van der Waals surface area (Å²) >= 11 is 5.91. The molecule has 4 nitrogen and oxygen atoms in total. The molecule has 1 aliphatic carbocycles. The SMILES string of the molecule is CC(C(=O)Nc1ccc(Cl)cc1)C1CCC(c2cc(-c3ccc(F)cc3)ncn2)CC1. The lowest BCUT2D eigenvalue weighted by Gasteiger charge is -2.31. The van der Waals surface area contributed by atoms with Crippen molar-refractivity contribution in [3.8, 4) is 11.3 Å². The summed E-state index contributed by atoms with van der Waals surface area (Å²) in [6.45, 7) is 2.01. The van der Waals surface area contributed by atoms with Crippen LogP contribution in [-0.4, -0.2) is 15.9 Å². The van der Waals surface area contributed by atoms with Gasteiger partial charge in [-0.1, -0.05) is 18.5 Å². The first-order chi connectivity index (χ1) is 15.0. The van der Waals surface area contributed by atoms with Crippen LogP contribution < -0.4 is 5.32 Å². The molecule has 1 saturated carbocycles. The Labute approximate surface area is 186 Å². The van der Waals surface area contributed by atoms with E-state index in [-0.39, 0.29) is 17.6 Å². The molecule has 1 aliphatic rings. The van der Waals surface area contributed by atoms with Crippen molar-refractivity contribution in [2.75, 3.05) is 5.32 Å². The number of nitrogens with one attached hydrogen (secondary N) is 1. The molecule has 0 radical (unpaired) electrons. The number of nitrogens with zero attached hydrogens (tertiary/aromatic N) is 2. The molecule has 0 aliphatic heterocycles. The van der Waals surface area contributed by atoms with Gasteiger partial charge in [0, 0.05) is 33.8 Å². The Kier molecular flexibility index (Phi) is 6.62. The van der Waals surface area contributed by atoms with Crippen molar-refractivity contribution in [2.45, 2.75) is 38.5 Å². The first-order valence-electron chi connectivity index (χ1n) is 10.6. The zero-order valence-electron chi connectivity index (χ0n) is 17.4. The van der Waals surface area contributed by atoms with E-state index in [0.717, 1.165) is 48.3 Å². The monoisotopic (exact) mass is 437 g/mol. The van der Waals surface area contributed by atoms with Gasteiger partial charge in [0.25, 0.3) is 0 Å². The topological polar surface area (TPSA) is 54.9 Å². The van der Waals surface area contributed by atoms with Crippen molar-refractivity contribution in [1.29, 1.82) is 0 Å². The predicted molar refractivity (Wildman–Crippen MR) is 121 cm³/mol. The molecule has 0 spiro atoms. The molecule has 3 aromatic rings. The summed E-state index contributed by atoms with van der Waals surface area (Å²) in [4.78, 5) is 21.5. The van der Waals surface area contributed by atoms with Gasteiger partial charge >= 0.3 is 0 Å². The number of anilines is 1. The van der Waals surface area contributed by atoms with Gasteiger partial charge in [0.05, 0.1) is 5.69 Å². The largest absolute Gasteiger partial charge is 0.326 e. The average molecular weight is 438 g/mol. The highest BCUT2D eigenvalue weighted by Gasteiger charge is 2.30. The number of carbonyl (C=O) groups excluding carboxylic acids is 1. The number of hydrogen-bond donors (Lipinski definition) is 1. The van der Waals surface area contributed by atoms with Gasteiger partial charge in [-0.25, -0.2) is 14.4 Å². The second-order valence-corrected chi connectivity index (χ2v) is 8.67. The van der Waals surface area contributed by atoms with E-state index in [1.54, 1.807) is 30.6 Å². The number of carbonyl (C=O) groups is 1. The fraction of sp³-hybridized carbons (Fsp3) is 0.320. The van der Waals surface area contributed by atoms with E-state index in [4.69, 9.17) is 11.6 Å². The van der Waals surface area contributed by atoms with E-state index in [1.165, 1.54) is 12.1 Å². The number of benzene rings is 2. The first kappa shape index (κ1) is 21.4. The van der Waals surface area contributed by atoms with E-state index >= 15 is 0 Å². The van der Waals surface area contributed by atoms with Gasteiger partial charge in [-0.15, -0.1) is 0 Å². The number of amides is 1. The molecule has 1 N–H and O–H groups in total. The molecular formula is C25H25ClFN3O. The molecule has 4 rings (SSSR count). The van der Waals surface area contributed by atoms with Crippen molar-refractivity contribution >= 4 is 23.2 Å². The van der Waals surface area contributed by atoms with Crippen LogP contribution in [0.1, 0.15) is 44.2 Å². The molecule has 6 heteroatoms. The van der Waals surface area contributed by atoms with Crippen LogP contribution in [0.25, 0.3) is 11.3 Å². The van der Waals surface area contributed by atoms with Crippen LogP contribution in [0.2, 0.25) is 5.02 Å². The Morgan fingerprint density at radius 2 is 1.71 bits per heavy atom. The summed E-state index contributed by atoms with van der Waals surface area (Å²) in [7, 11) is 0. The third-order valence-electron chi connectivity index (χ3n) is 6.25. The lowest BCUT2D eigenvalue weighted by molar-refractivity contribution is -0.121. The van der Waals surface area contributed by atoms with Crippen molar-refractivity contribution in [2.24, 2.45) is 11.8 Å². The second-order valence-electron chi connectivity index (χ2n) is 8.23. The van der Waals surface area contributed by atoms with Crippen LogP contribution in [0, 0.1) is 17.7 Å². The van der Waals surface area contributed by atoms with Gasteiger partial charge in [0.2, 0.25) is 5.91 Å². The zero-order chi connectivity index (χ0) is 21.8. The van der Waals surface area contributed by atoms with Crippen LogP contribution in [0.4, 0.5) is 10.1 Å². The summed E-state index contributed by atoms with van der Waals surface area (Å²) < 4.78 is 13.2. The van der Waals surface area contributed by atoms with Gasteiger partial charge in [-0.3, -0.25) is 4.79 Å². The lowest BCUT2D eigenvalue weighted by atomic mass is 9.75. The van der Waals surface area contributed by atoms with Gasteiger partial charge < -0.3 is 5.32 Å². The lowest BCUT2D eigenvalue weighted by Crippen LogP contribution is -2.29. The van der Waals surface area contributed by atoms with Crippen LogP contribution >= 0.6 is 11.6 Å². The van der Waals surface area contributed by atoms with Gasteiger partial charge in [-0.2, -0.15) is 0 Å². The third-order valence-corrected chi connectivity index (χ3v) is 6.50. The summed E-state index contributed by atoms with van der Waals surface area (Å²) in [5, 5.41) is 3.64. The molecular weight excluding hydrogens is 413 g/mol. The van der Waals surface area contributed by atoms with E-state index in [1.807, 2.05) is 25.1 Å². The molecule has 1 fully saturated rings. The van der Waals surface area contributed by atoms with E-state index in [9.17, 15) is 9.18 Å². The van der Waals surface area contributed by atoms with Crippen molar-refractivity contribution in [3.63, 3.8) is 0 Å². The van der Waals surface area contributed by atoms with Gasteiger partial charge in [-0.05, 0) is 86.2 Å². The Morgan fingerprint density at radius 3 is 2.39 bits per heavy atom. The third kappa shape index (κ3) is 5.28. The highest BCUT2D eigenvalue weighted by Crippen LogP contribution is 2.39. The summed E-state index contributed by atoms with van der Waals surface area (Å²) in [6.07, 6.45) is 5.53. The Balaban J connectivity index is 1.36. The van der Waals surface area contributed by atoms with Crippen LogP contribution in [0.15, 0.2) is 60.9 Å². The molecule has 31 heavy (non-hydrogen) atoms. The minimum atomic E-state index is -0.259. The fourth-order valence-electron chi connectivity index (χ4n) is 4.29. The highest BCUT2D eigenvalue weighted by atomic mass is 35.5. The van der Waals surface area contributed by atoms with Crippen molar-refractivity contribution in [3.05, 3.63) is 77.5 Å². The molecule has 160 valence electrons. The van der Waals surface area contributed by atoms with Crippen molar-refractivity contribution < 1.29 is 9.18 Å². The van der Waals surface area contributed by atoms with Crippen LogP contribution in [0.3, 0.4) is 0 Å². The summed E-state index contributed by atoms with van der Waals surface area (Å²) in [5.41, 5.74) is 3.48. The molecule has 1 atom stereocenters. The zero-order valence-corrected chi connectivity index (χ0v) is 18.1. The Morgan fingerprint density at radius 1 is 1.03 bits per heavy atom. The van der Waals surface area contributed by atoms with Crippen LogP contribution in [-0.2, 0) is 4.79 Å². The molecule has 1 amide bonds. The van der Waals surface area contributed by atoms with E-state index in [2.05, 4.69) is 15.3 Å². The number of aromatic nitrogens is 2. The Bertz CT molecular complexity index is 1030. The molecule has 1 unspecified atom stereocenters. The van der Waals surface area contributed by atoms with E-state index in [0.29, 0.717) is 16.9 Å². The number of rotatable bonds is 5. The van der Waals surface area contributed by atoms with Gasteiger partial charge in [0.15, 0.2) is 0 Å². The smallest absolute Gasteiger partial charge is 0.227 e. The summed E-state index contributed by atoms with van der Waals surface area (Å²) in [6, 6.07) is 15.5. The predicted octanol–water partition coefficient (Wildman–Crippen LogP) is 6.48. The maximum absolute atomic E-state index is 13.2. The highest BCUT2D eigenvalue weighted by molar-refractivity contribution is 6.30. The molecule has 1 aromatic heterocycles. The molecule has 0 saturated heterocycles. The normalized spacial score (nSPS) is 19.6. The second kappa shape index (κ2) is 9.56. The average Bonchev–Trinajstić information content (AvgIpc) is 2.81. The van der Waals surface area contributed by atoms with Crippen molar-refractivity contribution in [1.82, 2.24) is 9.97 Å². The Hall–Kier alpha value is -2.79. The molecule has 2 aromatic carbocycles. The minimum Gasteiger partial charge on any atom is -0.326 e. The molecule has 1 heterocycles. The maximum Gasteiger partial charge on any atom is 0.227 e. The van der Waals surface area contributed by atoms with Crippen LogP contribution in [0.5, 0.6) is 0 Å². The van der Waals surface area contributed by atoms with E-state index < -0.39 is 0 Å². The number of halogens is 2. The van der Waals surface area contributed by atoms with Gasteiger partial charge in [0.1, 0.15) is 12.1 Å². The molecule has 0 bridgehead atoms. The standard InChI is InChI=1S/C25H25ClFN3O/c1-16(25(31)30-22-12-8-20(26)9-13-22)17-2-4-18(5-3-17)23-14-24(29-15-28-23)19-6-10-21(27)11-7-19/h6-18H,2-5H2,1H3,(H,30,31). The minimum absolute atomic E-state index is 0.0476. The fourth-order valence-corrected chi connectivity index (χ4v) is 4.42. The number of hydrogen-bond acceptors (Lipinski definition) is 3. The quantitative estimate of drug-likeness (QED) is 0.496. The summed E-state index contributed by atoms with van der Waals surface area (Å²) in [5.74, 6) is 0.431.